The minimum Gasteiger partial charge on any atom is -0.374 e. The molecule has 0 radical (unpaired) electrons. The van der Waals surface area contributed by atoms with Crippen LogP contribution in [0.25, 0.3) is 0 Å². The number of nitrogens with zero attached hydrogens (tertiary/aromatic N) is 1. The molecule has 218 valence electrons. The van der Waals surface area contributed by atoms with E-state index in [0.29, 0.717) is 37.9 Å². The lowest BCUT2D eigenvalue weighted by Crippen LogP contribution is -2.57. The van der Waals surface area contributed by atoms with E-state index in [1.165, 1.54) is 12.1 Å². The Hall–Kier alpha value is -3.01. The van der Waals surface area contributed by atoms with Crippen LogP contribution in [0.2, 0.25) is 0 Å². The van der Waals surface area contributed by atoms with Gasteiger partial charge < -0.3 is 15.5 Å². The van der Waals surface area contributed by atoms with Gasteiger partial charge in [0.05, 0.1) is 4.75 Å². The molecule has 3 aliphatic rings. The zero-order valence-corrected chi connectivity index (χ0v) is 24.1. The van der Waals surface area contributed by atoms with Crippen molar-refractivity contribution in [1.82, 2.24) is 14.9 Å². The minimum atomic E-state index is -1.53. The first kappa shape index (κ1) is 30.0. The number of anilines is 1. The fourth-order valence-electron chi connectivity index (χ4n) is 5.35. The van der Waals surface area contributed by atoms with Crippen molar-refractivity contribution in [2.75, 3.05) is 11.9 Å². The van der Waals surface area contributed by atoms with Gasteiger partial charge in [0, 0.05) is 18.2 Å². The first-order valence-corrected chi connectivity index (χ1v) is 15.4. The summed E-state index contributed by atoms with van der Waals surface area (Å²) in [4.78, 5) is 42.1. The number of hydrogen-bond acceptors (Lipinski definition) is 5. The summed E-state index contributed by atoms with van der Waals surface area (Å²) in [5.41, 5.74) is -0.703. The number of rotatable bonds is 15. The first-order valence-electron chi connectivity index (χ1n) is 14.2. The van der Waals surface area contributed by atoms with Crippen LogP contribution in [-0.4, -0.2) is 55.7 Å². The van der Waals surface area contributed by atoms with Crippen LogP contribution in [0.4, 0.5) is 10.1 Å². The molecule has 2 aliphatic carbocycles. The summed E-state index contributed by atoms with van der Waals surface area (Å²) >= 11 is 0. The van der Waals surface area contributed by atoms with Crippen molar-refractivity contribution in [2.45, 2.75) is 93.5 Å². The van der Waals surface area contributed by atoms with Gasteiger partial charge in [0.1, 0.15) is 34.4 Å². The Kier molecular flexibility index (Phi) is 9.48. The fraction of sp³-hybridized carbons (Fsp3) is 0.567. The normalized spacial score (nSPS) is 25.8. The van der Waals surface area contributed by atoms with Crippen molar-refractivity contribution in [2.24, 2.45) is 5.92 Å². The van der Waals surface area contributed by atoms with Crippen LogP contribution in [0.5, 0.6) is 0 Å². The maximum Gasteiger partial charge on any atom is 0.258 e. The van der Waals surface area contributed by atoms with E-state index < -0.39 is 51.0 Å². The van der Waals surface area contributed by atoms with E-state index in [1.807, 2.05) is 13.0 Å². The predicted octanol–water partition coefficient (Wildman–Crippen LogP) is 4.13. The molecule has 3 N–H and O–H groups in total. The first-order chi connectivity index (χ1) is 19.1. The summed E-state index contributed by atoms with van der Waals surface area (Å²) in [6.45, 7) is 9.82. The standard InChI is InChI=1S/C30H41FN4O4S/c1-4-6-7-8-9-14-24(32-23-13-10-12-22(31)19-23)27(37)35-18-11-15-25(35)26(36)33-30(20-21(30)5-2)28(38)34-40(39)29(3)16-17-29/h4-5,10,12-13,19,21,24-25,32H,1-2,6-9,11,14-18,20H2,3H3,(H,33,36)(H,34,38)/t21-,24+,25+,30-,40?/m1/s1. The van der Waals surface area contributed by atoms with Crippen molar-refractivity contribution in [1.29, 1.82) is 0 Å². The van der Waals surface area contributed by atoms with Gasteiger partial charge in [-0.15, -0.1) is 13.2 Å². The lowest BCUT2D eigenvalue weighted by molar-refractivity contribution is -0.140. The van der Waals surface area contributed by atoms with Crippen LogP contribution < -0.4 is 15.4 Å². The van der Waals surface area contributed by atoms with Gasteiger partial charge in [-0.1, -0.05) is 31.1 Å². The van der Waals surface area contributed by atoms with E-state index in [9.17, 15) is 23.0 Å². The SMILES string of the molecule is C=CCCCCC[C@H](Nc1cccc(F)c1)C(=O)N1CCC[C@H]1C(=O)N[C@]1(C(=O)NS(=O)C2(C)CC2)C[C@H]1C=C. The second kappa shape index (κ2) is 12.7. The molecule has 1 unspecified atom stereocenters. The van der Waals surface area contributed by atoms with Crippen molar-refractivity contribution in [3.8, 4) is 0 Å². The van der Waals surface area contributed by atoms with E-state index in [-0.39, 0.29) is 11.8 Å². The van der Waals surface area contributed by atoms with Crippen LogP contribution in [0.3, 0.4) is 0 Å². The highest BCUT2D eigenvalue weighted by Gasteiger charge is 2.61. The molecular formula is C30H41FN4O4S. The van der Waals surface area contributed by atoms with Crippen molar-refractivity contribution in [3.63, 3.8) is 0 Å². The Bertz CT molecular complexity index is 1170. The number of amides is 3. The largest absolute Gasteiger partial charge is 0.374 e. The van der Waals surface area contributed by atoms with Gasteiger partial charge in [0.2, 0.25) is 11.8 Å². The monoisotopic (exact) mass is 572 g/mol. The van der Waals surface area contributed by atoms with Crippen LogP contribution in [0.1, 0.15) is 71.1 Å². The Balaban J connectivity index is 1.44. The molecule has 0 aromatic heterocycles. The number of allylic oxidation sites excluding steroid dienone is 1. The maximum absolute atomic E-state index is 13.9. The van der Waals surface area contributed by atoms with Gasteiger partial charge in [-0.3, -0.25) is 19.1 Å². The van der Waals surface area contributed by atoms with Crippen molar-refractivity contribution in [3.05, 3.63) is 55.4 Å². The third-order valence-electron chi connectivity index (χ3n) is 8.34. The lowest BCUT2D eigenvalue weighted by Gasteiger charge is -2.30. The molecule has 0 bridgehead atoms. The smallest absolute Gasteiger partial charge is 0.258 e. The van der Waals surface area contributed by atoms with Crippen molar-refractivity contribution < 1.29 is 23.0 Å². The number of benzene rings is 1. The molecule has 1 aliphatic heterocycles. The number of hydrogen-bond donors (Lipinski definition) is 3. The number of carbonyl (C=O) groups excluding carboxylic acids is 3. The average Bonchev–Trinajstić information content (AvgIpc) is 3.79. The maximum atomic E-state index is 13.9. The quantitative estimate of drug-likeness (QED) is 0.216. The molecule has 3 amide bonds. The topological polar surface area (TPSA) is 108 Å². The van der Waals surface area contributed by atoms with Crippen LogP contribution in [-0.2, 0) is 25.4 Å². The number of unbranched alkanes of at least 4 members (excludes halogenated alkanes) is 3. The third-order valence-corrected chi connectivity index (χ3v) is 10.0. The van der Waals surface area contributed by atoms with Gasteiger partial charge in [0.15, 0.2) is 0 Å². The summed E-state index contributed by atoms with van der Waals surface area (Å²) in [6.07, 6.45) is 10.7. The summed E-state index contributed by atoms with van der Waals surface area (Å²) in [5, 5.41) is 6.09. The highest BCUT2D eigenvalue weighted by molar-refractivity contribution is 7.85. The Morgan fingerprint density at radius 3 is 2.65 bits per heavy atom. The molecule has 8 nitrogen and oxygen atoms in total. The molecular weight excluding hydrogens is 531 g/mol. The Labute approximate surface area is 238 Å². The Morgan fingerprint density at radius 1 is 1.23 bits per heavy atom. The second-order valence-electron chi connectivity index (χ2n) is 11.5. The summed E-state index contributed by atoms with van der Waals surface area (Å²) < 4.78 is 28.7. The molecule has 1 saturated heterocycles. The highest BCUT2D eigenvalue weighted by Crippen LogP contribution is 2.46. The zero-order valence-electron chi connectivity index (χ0n) is 23.3. The van der Waals surface area contributed by atoms with Crippen molar-refractivity contribution >= 4 is 34.4 Å². The van der Waals surface area contributed by atoms with Crippen LogP contribution in [0.15, 0.2) is 49.6 Å². The van der Waals surface area contributed by atoms with Crippen LogP contribution in [0, 0.1) is 11.7 Å². The highest BCUT2D eigenvalue weighted by atomic mass is 32.2. The molecule has 1 aromatic rings. The third kappa shape index (κ3) is 6.82. The minimum absolute atomic E-state index is 0.219. The molecule has 0 spiro atoms. The molecule has 2 saturated carbocycles. The van der Waals surface area contributed by atoms with Gasteiger partial charge >= 0.3 is 0 Å². The second-order valence-corrected chi connectivity index (χ2v) is 13.2. The van der Waals surface area contributed by atoms with Gasteiger partial charge in [0.25, 0.3) is 5.91 Å². The zero-order chi connectivity index (χ0) is 28.9. The molecule has 4 rings (SSSR count). The van der Waals surface area contributed by atoms with E-state index >= 15 is 0 Å². The predicted molar refractivity (Wildman–Crippen MR) is 155 cm³/mol. The van der Waals surface area contributed by atoms with Crippen LogP contribution >= 0.6 is 0 Å². The van der Waals surface area contributed by atoms with Gasteiger partial charge in [-0.05, 0) is 76.5 Å². The van der Waals surface area contributed by atoms with E-state index in [1.54, 1.807) is 23.1 Å². The molecule has 10 heteroatoms. The van der Waals surface area contributed by atoms with E-state index in [0.717, 1.165) is 38.5 Å². The molecule has 1 heterocycles. The van der Waals surface area contributed by atoms with E-state index in [2.05, 4.69) is 28.5 Å². The lowest BCUT2D eigenvalue weighted by atomic mass is 10.0. The number of nitrogens with one attached hydrogen (secondary N) is 3. The summed E-state index contributed by atoms with van der Waals surface area (Å²) in [7, 11) is -1.53. The molecule has 3 fully saturated rings. The number of likely N-dealkylation sites (tertiary alicyclic amines) is 1. The molecule has 40 heavy (non-hydrogen) atoms. The van der Waals surface area contributed by atoms with E-state index in [4.69, 9.17) is 0 Å². The van der Waals surface area contributed by atoms with Gasteiger partial charge in [-0.25, -0.2) is 8.60 Å². The fourth-order valence-corrected chi connectivity index (χ4v) is 6.42. The molecule has 1 aromatic carbocycles. The summed E-state index contributed by atoms with van der Waals surface area (Å²) in [6, 6.07) is 4.64. The summed E-state index contributed by atoms with van der Waals surface area (Å²) in [5.74, 6) is -1.77. The number of carbonyl (C=O) groups is 3. The molecule has 5 atom stereocenters. The number of halogens is 1. The Morgan fingerprint density at radius 2 is 2.00 bits per heavy atom. The van der Waals surface area contributed by atoms with Gasteiger partial charge in [-0.2, -0.15) is 0 Å². The average molecular weight is 573 g/mol.